The van der Waals surface area contributed by atoms with Crippen molar-refractivity contribution >= 4 is 17.5 Å². The van der Waals surface area contributed by atoms with E-state index < -0.39 is 17.5 Å². The number of allylic oxidation sites excluding steroid dienone is 1. The van der Waals surface area contributed by atoms with Crippen LogP contribution in [0.25, 0.3) is 5.53 Å². The number of rotatable bonds is 8. The van der Waals surface area contributed by atoms with Crippen LogP contribution in [0.5, 0.6) is 0 Å². The number of carbonyl (C=O) groups excluding carboxylic acids is 2. The molecule has 0 N–H and O–H groups in total. The predicted molar refractivity (Wildman–Crippen MR) is 67.1 cm³/mol. The summed E-state index contributed by atoms with van der Waals surface area (Å²) in [6.07, 6.45) is 6.12. The minimum atomic E-state index is -0.893. The first-order valence-corrected chi connectivity index (χ1v) is 5.99. The van der Waals surface area contributed by atoms with E-state index in [-0.39, 0.29) is 13.0 Å². The molecule has 0 saturated heterocycles. The average molecular weight is 250 g/mol. The van der Waals surface area contributed by atoms with E-state index >= 15 is 0 Å². The molecular weight excluding hydrogens is 232 g/mol. The van der Waals surface area contributed by atoms with E-state index in [1.807, 2.05) is 6.08 Å². The number of ether oxygens (including phenoxy) is 1. The van der Waals surface area contributed by atoms with Crippen LogP contribution in [0.1, 0.15) is 39.5 Å². The fourth-order valence-electron chi connectivity index (χ4n) is 1.13. The van der Waals surface area contributed by atoms with Gasteiger partial charge < -0.3 is 10.3 Å². The SMILES string of the molecule is CCCC=C=CCCC(=O)C(=[N+]=[N-])C(=O)OCC. The molecular formula is C13H18N2O3. The highest BCUT2D eigenvalue weighted by Gasteiger charge is 2.29. The minimum absolute atomic E-state index is 0.0885. The number of nitrogens with zero attached hydrogens (tertiary/aromatic N) is 2. The van der Waals surface area contributed by atoms with Gasteiger partial charge in [-0.1, -0.05) is 13.3 Å². The molecule has 0 heterocycles. The van der Waals surface area contributed by atoms with Crippen LogP contribution in [0.4, 0.5) is 0 Å². The number of hydrogen-bond acceptors (Lipinski definition) is 3. The van der Waals surface area contributed by atoms with Gasteiger partial charge in [-0.2, -0.15) is 4.79 Å². The van der Waals surface area contributed by atoms with E-state index in [0.29, 0.717) is 6.42 Å². The summed E-state index contributed by atoms with van der Waals surface area (Å²) in [5.41, 5.74) is 11.0. The molecule has 0 radical (unpaired) electrons. The molecule has 0 aromatic carbocycles. The highest BCUT2D eigenvalue weighted by atomic mass is 16.5. The Bertz CT molecular complexity index is 400. The molecule has 0 amide bonds. The summed E-state index contributed by atoms with van der Waals surface area (Å²) in [6, 6.07) is 0. The molecule has 5 heteroatoms. The summed E-state index contributed by atoms with van der Waals surface area (Å²) >= 11 is 0. The highest BCUT2D eigenvalue weighted by molar-refractivity contribution is 6.62. The zero-order chi connectivity index (χ0) is 13.8. The maximum atomic E-state index is 11.5. The quantitative estimate of drug-likeness (QED) is 0.165. The average Bonchev–Trinajstić information content (AvgIpc) is 2.35. The largest absolute Gasteiger partial charge is 0.457 e. The third kappa shape index (κ3) is 6.59. The molecule has 0 bridgehead atoms. The first-order valence-electron chi connectivity index (χ1n) is 5.99. The van der Waals surface area contributed by atoms with Crippen LogP contribution in [-0.2, 0) is 14.3 Å². The van der Waals surface area contributed by atoms with Gasteiger partial charge in [0.05, 0.1) is 6.61 Å². The Labute approximate surface area is 107 Å². The number of esters is 1. The summed E-state index contributed by atoms with van der Waals surface area (Å²) in [5, 5.41) is 0. The normalized spacial score (nSPS) is 8.78. The van der Waals surface area contributed by atoms with Crippen molar-refractivity contribution < 1.29 is 19.1 Å². The molecule has 18 heavy (non-hydrogen) atoms. The predicted octanol–water partition coefficient (Wildman–Crippen LogP) is 2.08. The lowest BCUT2D eigenvalue weighted by Crippen LogP contribution is -2.27. The third-order valence-corrected chi connectivity index (χ3v) is 2.02. The van der Waals surface area contributed by atoms with Gasteiger partial charge in [0.1, 0.15) is 0 Å². The number of unbranched alkanes of at least 4 members (excludes halogenated alkanes) is 1. The molecule has 0 saturated carbocycles. The molecule has 0 aliphatic carbocycles. The summed E-state index contributed by atoms with van der Waals surface area (Å²) in [4.78, 5) is 25.4. The molecule has 0 aliphatic rings. The van der Waals surface area contributed by atoms with E-state index in [2.05, 4.69) is 22.2 Å². The van der Waals surface area contributed by atoms with Crippen molar-refractivity contribution in [3.63, 3.8) is 0 Å². The van der Waals surface area contributed by atoms with Gasteiger partial charge in [-0.25, -0.2) is 4.79 Å². The lowest BCUT2D eigenvalue weighted by molar-refractivity contribution is -0.141. The molecule has 0 rings (SSSR count). The van der Waals surface area contributed by atoms with E-state index in [9.17, 15) is 9.59 Å². The Hall–Kier alpha value is -1.96. The fourth-order valence-corrected chi connectivity index (χ4v) is 1.13. The van der Waals surface area contributed by atoms with Crippen molar-refractivity contribution in [2.45, 2.75) is 39.5 Å². The summed E-state index contributed by atoms with van der Waals surface area (Å²) < 4.78 is 4.59. The Balaban J connectivity index is 4.27. The van der Waals surface area contributed by atoms with Gasteiger partial charge in [-0.15, -0.1) is 5.73 Å². The number of carbonyl (C=O) groups is 2. The zero-order valence-electron chi connectivity index (χ0n) is 10.8. The van der Waals surface area contributed by atoms with Crippen LogP contribution in [0.15, 0.2) is 17.9 Å². The van der Waals surface area contributed by atoms with Crippen molar-refractivity contribution in [1.82, 2.24) is 0 Å². The molecule has 0 unspecified atom stereocenters. The van der Waals surface area contributed by atoms with Crippen LogP contribution >= 0.6 is 0 Å². The Morgan fingerprint density at radius 3 is 2.50 bits per heavy atom. The maximum absolute atomic E-state index is 11.5. The number of hydrogen-bond donors (Lipinski definition) is 0. The minimum Gasteiger partial charge on any atom is -0.457 e. The van der Waals surface area contributed by atoms with E-state index in [1.165, 1.54) is 0 Å². The first kappa shape index (κ1) is 16.0. The lowest BCUT2D eigenvalue weighted by atomic mass is 10.1. The molecule has 98 valence electrons. The molecule has 0 atom stereocenters. The Morgan fingerprint density at radius 2 is 1.94 bits per heavy atom. The Morgan fingerprint density at radius 1 is 1.28 bits per heavy atom. The second kappa shape index (κ2) is 10.2. The molecule has 0 spiro atoms. The van der Waals surface area contributed by atoms with Crippen LogP contribution in [0.3, 0.4) is 0 Å². The monoisotopic (exact) mass is 250 g/mol. The zero-order valence-corrected chi connectivity index (χ0v) is 10.8. The van der Waals surface area contributed by atoms with Gasteiger partial charge in [0.15, 0.2) is 0 Å². The third-order valence-electron chi connectivity index (χ3n) is 2.02. The first-order chi connectivity index (χ1) is 8.67. The second-order valence-corrected chi connectivity index (χ2v) is 3.49. The summed E-state index contributed by atoms with van der Waals surface area (Å²) in [6.45, 7) is 3.80. The number of Topliss-reactive ketones (excluding diaryl/α,β-unsaturated/α-hetero) is 1. The van der Waals surface area contributed by atoms with Crippen molar-refractivity contribution in [3.8, 4) is 0 Å². The van der Waals surface area contributed by atoms with Gasteiger partial charge >= 0.3 is 11.7 Å². The molecule has 0 aromatic rings. The number of ketones is 1. The van der Waals surface area contributed by atoms with Crippen LogP contribution in [-0.4, -0.2) is 28.9 Å². The topological polar surface area (TPSA) is 79.8 Å². The summed E-state index contributed by atoms with van der Waals surface area (Å²) in [7, 11) is 0. The lowest BCUT2D eigenvalue weighted by Gasteiger charge is -1.95. The van der Waals surface area contributed by atoms with E-state index in [4.69, 9.17) is 5.53 Å². The van der Waals surface area contributed by atoms with Crippen LogP contribution in [0.2, 0.25) is 0 Å². The van der Waals surface area contributed by atoms with Gasteiger partial charge in [0.2, 0.25) is 0 Å². The van der Waals surface area contributed by atoms with Gasteiger partial charge in [0.25, 0.3) is 5.78 Å². The molecule has 0 aromatic heterocycles. The Kier molecular flexibility index (Phi) is 9.10. The van der Waals surface area contributed by atoms with Crippen molar-refractivity contribution in [2.75, 3.05) is 6.61 Å². The molecule has 5 nitrogen and oxygen atoms in total. The van der Waals surface area contributed by atoms with Gasteiger partial charge in [-0.05, 0) is 31.9 Å². The van der Waals surface area contributed by atoms with Crippen molar-refractivity contribution in [2.24, 2.45) is 0 Å². The maximum Gasteiger partial charge on any atom is 0.441 e. The van der Waals surface area contributed by atoms with E-state index in [0.717, 1.165) is 12.8 Å². The van der Waals surface area contributed by atoms with E-state index in [1.54, 1.807) is 13.0 Å². The van der Waals surface area contributed by atoms with Gasteiger partial charge in [-0.3, -0.25) is 4.79 Å². The van der Waals surface area contributed by atoms with Crippen LogP contribution < -0.4 is 0 Å². The summed E-state index contributed by atoms with van der Waals surface area (Å²) in [5.74, 6) is -1.43. The van der Waals surface area contributed by atoms with Crippen molar-refractivity contribution in [3.05, 3.63) is 23.4 Å². The smallest absolute Gasteiger partial charge is 0.441 e. The van der Waals surface area contributed by atoms with Gasteiger partial charge in [0, 0.05) is 6.42 Å². The molecule has 0 aliphatic heterocycles. The second-order valence-electron chi connectivity index (χ2n) is 3.49. The van der Waals surface area contributed by atoms with Crippen molar-refractivity contribution in [1.29, 1.82) is 0 Å². The standard InChI is InChI=1S/C13H18N2O3/c1-3-5-6-7-8-9-10-11(16)12(15-14)13(17)18-4-2/h6,8H,3-5,9-10H2,1-2H3. The molecule has 0 fully saturated rings. The van der Waals surface area contributed by atoms with Crippen LogP contribution in [0, 0.1) is 0 Å². The fraction of sp³-hybridized carbons (Fsp3) is 0.538. The highest BCUT2D eigenvalue weighted by Crippen LogP contribution is 1.96.